The van der Waals surface area contributed by atoms with Crippen molar-refractivity contribution < 1.29 is 4.65 Å². The Balaban J connectivity index is 2.49. The number of hydrogen-bond donors (Lipinski definition) is 0. The summed E-state index contributed by atoms with van der Waals surface area (Å²) in [5.41, 5.74) is 0. The van der Waals surface area contributed by atoms with Crippen LogP contribution >= 0.6 is 11.8 Å². The fraction of sp³-hybridized carbons (Fsp3) is 1.00. The summed E-state index contributed by atoms with van der Waals surface area (Å²) in [7, 11) is 1.77. The zero-order chi connectivity index (χ0) is 6.91. The topological polar surface area (TPSA) is 23.1 Å². The Morgan fingerprint density at radius 1 is 1.67 bits per heavy atom. The molecule has 0 aliphatic carbocycles. The highest BCUT2D eigenvalue weighted by molar-refractivity contribution is 7.99. The van der Waals surface area contributed by atoms with Crippen molar-refractivity contribution in [1.29, 1.82) is 0 Å². The second-order valence-corrected chi connectivity index (χ2v) is 3.97. The first kappa shape index (κ1) is 7.38. The molecule has 1 heterocycles. The van der Waals surface area contributed by atoms with Gasteiger partial charge in [0.25, 0.3) is 0 Å². The summed E-state index contributed by atoms with van der Waals surface area (Å²) in [6.07, 6.45) is 0. The van der Waals surface area contributed by atoms with E-state index in [1.165, 1.54) is 0 Å². The van der Waals surface area contributed by atoms with Gasteiger partial charge in [-0.25, -0.2) is 0 Å². The monoisotopic (exact) mass is 147 g/mol. The summed E-state index contributed by atoms with van der Waals surface area (Å²) in [5, 5.41) is 11.4. The van der Waals surface area contributed by atoms with E-state index < -0.39 is 0 Å². The van der Waals surface area contributed by atoms with Crippen LogP contribution in [0.5, 0.6) is 0 Å². The molecule has 1 aliphatic heterocycles. The van der Waals surface area contributed by atoms with Gasteiger partial charge in [-0.15, -0.1) is 11.8 Å². The SMILES string of the molecule is CC1CSCC[N+]1(C)[O-]. The molecule has 9 heavy (non-hydrogen) atoms. The maximum Gasteiger partial charge on any atom is 0.0948 e. The standard InChI is InChI=1S/C6H13NOS/c1-6-5-9-4-3-7(6,2)8/h6H,3-5H2,1-2H3. The molecule has 2 unspecified atom stereocenters. The molecule has 0 aromatic heterocycles. The Labute approximate surface area is 60.4 Å². The summed E-state index contributed by atoms with van der Waals surface area (Å²) < 4.78 is -0.0347. The van der Waals surface area contributed by atoms with Gasteiger partial charge in [-0.3, -0.25) is 0 Å². The van der Waals surface area contributed by atoms with Crippen molar-refractivity contribution in [3.8, 4) is 0 Å². The summed E-state index contributed by atoms with van der Waals surface area (Å²) in [6, 6.07) is 0.295. The summed E-state index contributed by atoms with van der Waals surface area (Å²) in [5.74, 6) is 2.06. The average molecular weight is 147 g/mol. The first-order valence-electron chi connectivity index (χ1n) is 3.27. The van der Waals surface area contributed by atoms with E-state index in [9.17, 15) is 5.21 Å². The lowest BCUT2D eigenvalue weighted by molar-refractivity contribution is -0.880. The van der Waals surface area contributed by atoms with E-state index >= 15 is 0 Å². The Morgan fingerprint density at radius 3 is 2.67 bits per heavy atom. The van der Waals surface area contributed by atoms with E-state index in [1.807, 2.05) is 18.7 Å². The lowest BCUT2D eigenvalue weighted by Gasteiger charge is -2.46. The first-order valence-corrected chi connectivity index (χ1v) is 4.42. The van der Waals surface area contributed by atoms with Crippen LogP contribution in [0.2, 0.25) is 0 Å². The molecule has 2 nitrogen and oxygen atoms in total. The minimum atomic E-state index is -0.0347. The molecule has 1 rings (SSSR count). The Hall–Kier alpha value is 0.270. The maximum absolute atomic E-state index is 11.4. The quantitative estimate of drug-likeness (QED) is 0.378. The summed E-state index contributed by atoms with van der Waals surface area (Å²) in [6.45, 7) is 2.81. The van der Waals surface area contributed by atoms with Gasteiger partial charge in [-0.05, 0) is 6.92 Å². The molecule has 0 aromatic rings. The Morgan fingerprint density at radius 2 is 2.33 bits per heavy atom. The van der Waals surface area contributed by atoms with Gasteiger partial charge in [0.2, 0.25) is 0 Å². The summed E-state index contributed by atoms with van der Waals surface area (Å²) in [4.78, 5) is 0. The predicted octanol–water partition coefficient (Wildman–Crippen LogP) is 1.07. The van der Waals surface area contributed by atoms with Crippen LogP contribution in [-0.2, 0) is 0 Å². The van der Waals surface area contributed by atoms with E-state index in [0.29, 0.717) is 6.04 Å². The number of thioether (sulfide) groups is 1. The van der Waals surface area contributed by atoms with Gasteiger partial charge in [0.15, 0.2) is 0 Å². The molecule has 1 aliphatic rings. The van der Waals surface area contributed by atoms with Crippen molar-refractivity contribution in [2.45, 2.75) is 13.0 Å². The van der Waals surface area contributed by atoms with Crippen LogP contribution in [0.1, 0.15) is 6.92 Å². The number of nitrogens with zero attached hydrogens (tertiary/aromatic N) is 1. The molecule has 0 bridgehead atoms. The number of rotatable bonds is 0. The van der Waals surface area contributed by atoms with Crippen molar-refractivity contribution in [2.24, 2.45) is 0 Å². The van der Waals surface area contributed by atoms with Crippen LogP contribution in [0.4, 0.5) is 0 Å². The van der Waals surface area contributed by atoms with Gasteiger partial charge in [-0.2, -0.15) is 0 Å². The van der Waals surface area contributed by atoms with Crippen molar-refractivity contribution in [1.82, 2.24) is 0 Å². The van der Waals surface area contributed by atoms with Gasteiger partial charge in [-0.1, -0.05) is 0 Å². The highest BCUT2D eigenvalue weighted by Gasteiger charge is 2.23. The fourth-order valence-electron chi connectivity index (χ4n) is 0.878. The molecule has 1 fully saturated rings. The molecule has 54 valence electrons. The van der Waals surface area contributed by atoms with Crippen molar-refractivity contribution in [3.05, 3.63) is 5.21 Å². The predicted molar refractivity (Wildman–Crippen MR) is 41.2 cm³/mol. The number of hydrogen-bond acceptors (Lipinski definition) is 2. The van der Waals surface area contributed by atoms with E-state index in [2.05, 4.69) is 0 Å². The molecule has 0 radical (unpaired) electrons. The lowest BCUT2D eigenvalue weighted by atomic mass is 10.3. The van der Waals surface area contributed by atoms with Crippen LogP contribution in [0.15, 0.2) is 0 Å². The zero-order valence-corrected chi connectivity index (χ0v) is 6.78. The van der Waals surface area contributed by atoms with Gasteiger partial charge in [0.1, 0.15) is 0 Å². The Bertz CT molecular complexity index is 105. The second-order valence-electron chi connectivity index (χ2n) is 2.82. The van der Waals surface area contributed by atoms with E-state index in [4.69, 9.17) is 0 Å². The van der Waals surface area contributed by atoms with Gasteiger partial charge in [0, 0.05) is 11.5 Å². The third-order valence-electron chi connectivity index (χ3n) is 1.97. The lowest BCUT2D eigenvalue weighted by Crippen LogP contribution is -2.51. The molecule has 0 spiro atoms. The van der Waals surface area contributed by atoms with Crippen LogP contribution < -0.4 is 0 Å². The molecule has 3 heteroatoms. The van der Waals surface area contributed by atoms with Gasteiger partial charge in [0.05, 0.1) is 19.6 Å². The first-order chi connectivity index (χ1) is 4.13. The van der Waals surface area contributed by atoms with Crippen molar-refractivity contribution in [3.63, 3.8) is 0 Å². The van der Waals surface area contributed by atoms with Crippen molar-refractivity contribution in [2.75, 3.05) is 25.1 Å². The summed E-state index contributed by atoms with van der Waals surface area (Å²) >= 11 is 1.89. The maximum atomic E-state index is 11.4. The average Bonchev–Trinajstić information content (AvgIpc) is 1.77. The van der Waals surface area contributed by atoms with Gasteiger partial charge >= 0.3 is 0 Å². The minimum Gasteiger partial charge on any atom is -0.633 e. The molecule has 0 saturated carbocycles. The van der Waals surface area contributed by atoms with Crippen LogP contribution in [-0.4, -0.2) is 35.8 Å². The third-order valence-corrected chi connectivity index (χ3v) is 3.16. The van der Waals surface area contributed by atoms with Crippen LogP contribution in [0.3, 0.4) is 0 Å². The second kappa shape index (κ2) is 2.48. The smallest absolute Gasteiger partial charge is 0.0948 e. The fourth-order valence-corrected chi connectivity index (χ4v) is 2.19. The van der Waals surface area contributed by atoms with Crippen LogP contribution in [0, 0.1) is 5.21 Å². The van der Waals surface area contributed by atoms with E-state index in [0.717, 1.165) is 18.1 Å². The van der Waals surface area contributed by atoms with Crippen molar-refractivity contribution >= 4 is 11.8 Å². The van der Waals surface area contributed by atoms with Gasteiger partial charge < -0.3 is 9.85 Å². The van der Waals surface area contributed by atoms with Crippen LogP contribution in [0.25, 0.3) is 0 Å². The molecule has 1 saturated heterocycles. The molecule has 0 amide bonds. The number of quaternary nitrogens is 1. The number of hydroxylamine groups is 3. The highest BCUT2D eigenvalue weighted by Crippen LogP contribution is 2.20. The third kappa shape index (κ3) is 1.60. The molecular formula is C6H13NOS. The van der Waals surface area contributed by atoms with E-state index in [1.54, 1.807) is 7.05 Å². The molecular weight excluding hydrogens is 134 g/mol. The highest BCUT2D eigenvalue weighted by atomic mass is 32.2. The minimum absolute atomic E-state index is 0.0347. The Kier molecular flexibility index (Phi) is 2.03. The molecule has 2 atom stereocenters. The zero-order valence-electron chi connectivity index (χ0n) is 5.96. The molecule has 0 N–H and O–H groups in total. The normalized spacial score (nSPS) is 45.0. The van der Waals surface area contributed by atoms with E-state index in [-0.39, 0.29) is 4.65 Å². The molecule has 0 aromatic carbocycles. The largest absolute Gasteiger partial charge is 0.633 e.